The van der Waals surface area contributed by atoms with Gasteiger partial charge in [-0.25, -0.2) is 0 Å². The zero-order chi connectivity index (χ0) is 15.5. The van der Waals surface area contributed by atoms with E-state index in [9.17, 15) is 0 Å². The molecule has 0 amide bonds. The average Bonchev–Trinajstić information content (AvgIpc) is 2.72. The molecule has 0 spiro atoms. The minimum Gasteiger partial charge on any atom is -0.296 e. The van der Waals surface area contributed by atoms with Gasteiger partial charge < -0.3 is 0 Å². The summed E-state index contributed by atoms with van der Waals surface area (Å²) in [5.41, 5.74) is 3.79. The Bertz CT molecular complexity index is 469. The second-order valence-corrected chi connectivity index (χ2v) is 7.16. The SMILES string of the molecule is CC(C)(C(NN)c1cc(Cl)ccc1Cl)N1CCCCCC1. The van der Waals surface area contributed by atoms with Crippen molar-refractivity contribution in [3.63, 3.8) is 0 Å². The molecule has 0 aromatic heterocycles. The molecule has 0 saturated carbocycles. The molecule has 1 saturated heterocycles. The van der Waals surface area contributed by atoms with Gasteiger partial charge in [0.2, 0.25) is 0 Å². The summed E-state index contributed by atoms with van der Waals surface area (Å²) in [5, 5.41) is 1.38. The van der Waals surface area contributed by atoms with Crippen LogP contribution in [0, 0.1) is 0 Å². The molecule has 1 aliphatic heterocycles. The van der Waals surface area contributed by atoms with Gasteiger partial charge in [-0.1, -0.05) is 36.0 Å². The third kappa shape index (κ3) is 3.91. The summed E-state index contributed by atoms with van der Waals surface area (Å²) in [6.45, 7) is 6.65. The Balaban J connectivity index is 2.31. The van der Waals surface area contributed by atoms with Gasteiger partial charge in [0, 0.05) is 15.6 Å². The number of nitrogens with zero attached hydrogens (tertiary/aromatic N) is 1. The van der Waals surface area contributed by atoms with Crippen molar-refractivity contribution in [1.29, 1.82) is 0 Å². The van der Waals surface area contributed by atoms with Crippen LogP contribution in [0.5, 0.6) is 0 Å². The summed E-state index contributed by atoms with van der Waals surface area (Å²) in [5.74, 6) is 5.88. The first-order valence-electron chi connectivity index (χ1n) is 7.63. The molecule has 0 radical (unpaired) electrons. The molecular weight excluding hydrogens is 305 g/mol. The van der Waals surface area contributed by atoms with Crippen LogP contribution in [0.3, 0.4) is 0 Å². The summed E-state index contributed by atoms with van der Waals surface area (Å²) in [6.07, 6.45) is 5.10. The van der Waals surface area contributed by atoms with Crippen molar-refractivity contribution in [3.05, 3.63) is 33.8 Å². The maximum absolute atomic E-state index is 6.37. The number of hydrogen-bond acceptors (Lipinski definition) is 3. The minimum atomic E-state index is -0.132. The van der Waals surface area contributed by atoms with Crippen LogP contribution in [0.4, 0.5) is 0 Å². The number of rotatable bonds is 4. The van der Waals surface area contributed by atoms with E-state index >= 15 is 0 Å². The second-order valence-electron chi connectivity index (χ2n) is 6.32. The molecule has 0 bridgehead atoms. The number of hydrogen-bond donors (Lipinski definition) is 2. The quantitative estimate of drug-likeness (QED) is 0.644. The van der Waals surface area contributed by atoms with Crippen LogP contribution in [0.25, 0.3) is 0 Å². The predicted molar refractivity (Wildman–Crippen MR) is 90.6 cm³/mol. The van der Waals surface area contributed by atoms with E-state index in [1.54, 1.807) is 6.07 Å². The second kappa shape index (κ2) is 7.30. The lowest BCUT2D eigenvalue weighted by Crippen LogP contribution is -2.54. The summed E-state index contributed by atoms with van der Waals surface area (Å²) < 4.78 is 0. The first-order chi connectivity index (χ1) is 9.96. The molecule has 118 valence electrons. The fourth-order valence-corrected chi connectivity index (χ4v) is 3.65. The first-order valence-corrected chi connectivity index (χ1v) is 8.38. The first kappa shape index (κ1) is 17.0. The zero-order valence-electron chi connectivity index (χ0n) is 12.8. The average molecular weight is 330 g/mol. The number of likely N-dealkylation sites (tertiary alicyclic amines) is 1. The zero-order valence-corrected chi connectivity index (χ0v) is 14.3. The Hall–Kier alpha value is -0.320. The molecule has 1 aliphatic rings. The highest BCUT2D eigenvalue weighted by Crippen LogP contribution is 2.36. The summed E-state index contributed by atoms with van der Waals surface area (Å²) in [4.78, 5) is 2.52. The molecule has 1 aromatic carbocycles. The monoisotopic (exact) mass is 329 g/mol. The van der Waals surface area contributed by atoms with Crippen molar-refractivity contribution >= 4 is 23.2 Å². The van der Waals surface area contributed by atoms with Crippen molar-refractivity contribution in [2.45, 2.75) is 51.1 Å². The fourth-order valence-electron chi connectivity index (χ4n) is 3.24. The Morgan fingerprint density at radius 3 is 2.33 bits per heavy atom. The van der Waals surface area contributed by atoms with Crippen molar-refractivity contribution in [2.75, 3.05) is 13.1 Å². The molecule has 0 aliphatic carbocycles. The number of nitrogens with one attached hydrogen (secondary N) is 1. The molecule has 3 N–H and O–H groups in total. The molecule has 2 rings (SSSR count). The van der Waals surface area contributed by atoms with Crippen LogP contribution < -0.4 is 11.3 Å². The Kier molecular flexibility index (Phi) is 5.92. The van der Waals surface area contributed by atoms with Crippen LogP contribution in [-0.4, -0.2) is 23.5 Å². The largest absolute Gasteiger partial charge is 0.296 e. The molecule has 1 fully saturated rings. The van der Waals surface area contributed by atoms with E-state index in [0.717, 1.165) is 18.7 Å². The summed E-state index contributed by atoms with van der Waals surface area (Å²) in [6, 6.07) is 5.48. The Morgan fingerprint density at radius 1 is 1.14 bits per heavy atom. The maximum Gasteiger partial charge on any atom is 0.0653 e. The lowest BCUT2D eigenvalue weighted by Gasteiger charge is -2.44. The van der Waals surface area contributed by atoms with Gasteiger partial charge in [0.05, 0.1) is 6.04 Å². The van der Waals surface area contributed by atoms with E-state index in [2.05, 4.69) is 24.2 Å². The summed E-state index contributed by atoms with van der Waals surface area (Å²) >= 11 is 12.5. The van der Waals surface area contributed by atoms with Gasteiger partial charge in [-0.15, -0.1) is 0 Å². The fraction of sp³-hybridized carbons (Fsp3) is 0.625. The lowest BCUT2D eigenvalue weighted by atomic mass is 9.87. The van der Waals surface area contributed by atoms with E-state index in [1.807, 2.05) is 12.1 Å². The maximum atomic E-state index is 6.37. The number of halogens is 2. The van der Waals surface area contributed by atoms with E-state index in [-0.39, 0.29) is 11.6 Å². The number of hydrazine groups is 1. The van der Waals surface area contributed by atoms with Gasteiger partial charge in [-0.3, -0.25) is 16.2 Å². The molecule has 1 unspecified atom stereocenters. The lowest BCUT2D eigenvalue weighted by molar-refractivity contribution is 0.0835. The smallest absolute Gasteiger partial charge is 0.0653 e. The Labute approximate surface area is 137 Å². The highest BCUT2D eigenvalue weighted by atomic mass is 35.5. The standard InChI is InChI=1S/C16H25Cl2N3/c1-16(2,21-9-5-3-4-6-10-21)15(20-19)13-11-12(17)7-8-14(13)18/h7-8,11,15,20H,3-6,9-10,19H2,1-2H3. The number of benzene rings is 1. The van der Waals surface area contributed by atoms with Crippen LogP contribution in [0.2, 0.25) is 10.0 Å². The van der Waals surface area contributed by atoms with Crippen LogP contribution >= 0.6 is 23.2 Å². The molecular formula is C16H25Cl2N3. The van der Waals surface area contributed by atoms with Crippen LogP contribution in [0.1, 0.15) is 51.1 Å². The van der Waals surface area contributed by atoms with E-state index in [0.29, 0.717) is 10.0 Å². The van der Waals surface area contributed by atoms with Crippen molar-refractivity contribution in [3.8, 4) is 0 Å². The van der Waals surface area contributed by atoms with Crippen LogP contribution in [0.15, 0.2) is 18.2 Å². The van der Waals surface area contributed by atoms with Crippen molar-refractivity contribution < 1.29 is 0 Å². The summed E-state index contributed by atoms with van der Waals surface area (Å²) in [7, 11) is 0. The molecule has 3 nitrogen and oxygen atoms in total. The van der Waals surface area contributed by atoms with E-state index in [1.165, 1.54) is 25.7 Å². The number of nitrogens with two attached hydrogens (primary N) is 1. The highest BCUT2D eigenvalue weighted by molar-refractivity contribution is 6.33. The van der Waals surface area contributed by atoms with Gasteiger partial charge in [-0.05, 0) is 63.5 Å². The molecule has 21 heavy (non-hydrogen) atoms. The Morgan fingerprint density at radius 2 is 1.76 bits per heavy atom. The predicted octanol–water partition coefficient (Wildman–Crippen LogP) is 4.15. The van der Waals surface area contributed by atoms with Gasteiger partial charge in [-0.2, -0.15) is 0 Å². The third-order valence-corrected chi connectivity index (χ3v) is 5.14. The molecule has 1 aromatic rings. The van der Waals surface area contributed by atoms with Gasteiger partial charge in [0.25, 0.3) is 0 Å². The minimum absolute atomic E-state index is 0.0678. The molecule has 5 heteroatoms. The van der Waals surface area contributed by atoms with Crippen molar-refractivity contribution in [1.82, 2.24) is 10.3 Å². The van der Waals surface area contributed by atoms with Crippen molar-refractivity contribution in [2.24, 2.45) is 5.84 Å². The van der Waals surface area contributed by atoms with Crippen LogP contribution in [-0.2, 0) is 0 Å². The molecule has 1 heterocycles. The van der Waals surface area contributed by atoms with E-state index < -0.39 is 0 Å². The topological polar surface area (TPSA) is 41.3 Å². The van der Waals surface area contributed by atoms with Gasteiger partial charge >= 0.3 is 0 Å². The van der Waals surface area contributed by atoms with Gasteiger partial charge in [0.15, 0.2) is 0 Å². The van der Waals surface area contributed by atoms with Gasteiger partial charge in [0.1, 0.15) is 0 Å². The normalized spacial score (nSPS) is 19.3. The third-order valence-electron chi connectivity index (χ3n) is 4.56. The highest BCUT2D eigenvalue weighted by Gasteiger charge is 2.37. The molecule has 1 atom stereocenters. The van der Waals surface area contributed by atoms with E-state index in [4.69, 9.17) is 29.0 Å².